The molecule has 2 aromatic rings. The van der Waals surface area contributed by atoms with Crippen molar-refractivity contribution in [1.82, 2.24) is 9.62 Å². The lowest BCUT2D eigenvalue weighted by Crippen LogP contribution is -2.31. The van der Waals surface area contributed by atoms with Gasteiger partial charge in [0.05, 0.1) is 4.90 Å². The third-order valence-corrected chi connectivity index (χ3v) is 5.36. The summed E-state index contributed by atoms with van der Waals surface area (Å²) >= 11 is 0. The molecule has 0 aliphatic heterocycles. The van der Waals surface area contributed by atoms with E-state index in [9.17, 15) is 17.6 Å². The zero-order valence-electron chi connectivity index (χ0n) is 14.4. The standard InChI is InChI=1S/C18H21FN2O3S/c1-4-21(12-14-6-5-7-15(19)10-14)18(22)17-11-16(9-8-13(17)2)25(23,24)20-3/h5-11,20H,4,12H2,1-3H3. The summed E-state index contributed by atoms with van der Waals surface area (Å²) in [6, 6.07) is 10.5. The lowest BCUT2D eigenvalue weighted by molar-refractivity contribution is 0.0751. The van der Waals surface area contributed by atoms with Crippen molar-refractivity contribution in [2.24, 2.45) is 0 Å². The van der Waals surface area contributed by atoms with Crippen molar-refractivity contribution in [3.8, 4) is 0 Å². The summed E-state index contributed by atoms with van der Waals surface area (Å²) in [5.41, 5.74) is 1.67. The summed E-state index contributed by atoms with van der Waals surface area (Å²) < 4.78 is 39.5. The number of hydrogen-bond acceptors (Lipinski definition) is 3. The number of sulfonamides is 1. The number of hydrogen-bond donors (Lipinski definition) is 1. The molecule has 0 radical (unpaired) electrons. The van der Waals surface area contributed by atoms with Gasteiger partial charge in [0.25, 0.3) is 5.91 Å². The monoisotopic (exact) mass is 364 g/mol. The molecule has 0 bridgehead atoms. The second kappa shape index (κ2) is 7.76. The minimum Gasteiger partial charge on any atom is -0.335 e. The number of halogens is 1. The highest BCUT2D eigenvalue weighted by Crippen LogP contribution is 2.19. The smallest absolute Gasteiger partial charge is 0.254 e. The molecular weight excluding hydrogens is 343 g/mol. The van der Waals surface area contributed by atoms with E-state index in [0.29, 0.717) is 23.2 Å². The maximum absolute atomic E-state index is 13.4. The van der Waals surface area contributed by atoms with E-state index in [0.717, 1.165) is 0 Å². The fourth-order valence-electron chi connectivity index (χ4n) is 2.47. The average molecular weight is 364 g/mol. The van der Waals surface area contributed by atoms with Crippen LogP contribution in [0.2, 0.25) is 0 Å². The molecule has 0 saturated heterocycles. The molecule has 0 aliphatic carbocycles. The second-order valence-electron chi connectivity index (χ2n) is 5.63. The van der Waals surface area contributed by atoms with Gasteiger partial charge < -0.3 is 4.90 Å². The number of carbonyl (C=O) groups is 1. The maximum Gasteiger partial charge on any atom is 0.254 e. The third kappa shape index (κ3) is 4.43. The van der Waals surface area contributed by atoms with Crippen LogP contribution < -0.4 is 4.72 Å². The highest BCUT2D eigenvalue weighted by atomic mass is 32.2. The zero-order valence-corrected chi connectivity index (χ0v) is 15.2. The first kappa shape index (κ1) is 19.1. The first-order chi connectivity index (χ1) is 11.8. The van der Waals surface area contributed by atoms with E-state index in [1.807, 2.05) is 6.92 Å². The van der Waals surface area contributed by atoms with E-state index in [1.54, 1.807) is 30.0 Å². The van der Waals surface area contributed by atoms with Gasteiger partial charge in [0, 0.05) is 18.7 Å². The van der Waals surface area contributed by atoms with E-state index in [1.165, 1.54) is 31.3 Å². The Kier molecular flexibility index (Phi) is 5.92. The molecule has 0 atom stereocenters. The first-order valence-electron chi connectivity index (χ1n) is 7.86. The predicted octanol–water partition coefficient (Wildman–Crippen LogP) is 2.70. The van der Waals surface area contributed by atoms with Gasteiger partial charge in [-0.3, -0.25) is 4.79 Å². The third-order valence-electron chi connectivity index (χ3n) is 3.95. The largest absolute Gasteiger partial charge is 0.335 e. The quantitative estimate of drug-likeness (QED) is 0.857. The molecule has 25 heavy (non-hydrogen) atoms. The highest BCUT2D eigenvalue weighted by Gasteiger charge is 2.20. The molecule has 0 spiro atoms. The summed E-state index contributed by atoms with van der Waals surface area (Å²) in [5.74, 6) is -0.656. The Morgan fingerprint density at radius 2 is 1.92 bits per heavy atom. The number of carbonyl (C=O) groups excluding carboxylic acids is 1. The van der Waals surface area contributed by atoms with Gasteiger partial charge in [0.15, 0.2) is 0 Å². The number of nitrogens with one attached hydrogen (secondary N) is 1. The summed E-state index contributed by atoms with van der Waals surface area (Å²) in [6.45, 7) is 4.23. The topological polar surface area (TPSA) is 66.5 Å². The summed E-state index contributed by atoms with van der Waals surface area (Å²) in [7, 11) is -2.32. The Hall–Kier alpha value is -2.25. The van der Waals surface area contributed by atoms with Gasteiger partial charge in [-0.05, 0) is 56.3 Å². The van der Waals surface area contributed by atoms with Crippen molar-refractivity contribution < 1.29 is 17.6 Å². The average Bonchev–Trinajstić information content (AvgIpc) is 2.59. The molecule has 0 saturated carbocycles. The van der Waals surface area contributed by atoms with Crippen molar-refractivity contribution in [2.45, 2.75) is 25.3 Å². The molecule has 0 aromatic heterocycles. The molecule has 5 nitrogen and oxygen atoms in total. The number of amides is 1. The summed E-state index contributed by atoms with van der Waals surface area (Å²) in [6.07, 6.45) is 0. The Bertz CT molecular complexity index is 882. The van der Waals surface area contributed by atoms with Crippen LogP contribution in [0.5, 0.6) is 0 Å². The fraction of sp³-hybridized carbons (Fsp3) is 0.278. The maximum atomic E-state index is 13.4. The van der Waals surface area contributed by atoms with Crippen molar-refractivity contribution in [3.63, 3.8) is 0 Å². The van der Waals surface area contributed by atoms with Crippen LogP contribution in [0.4, 0.5) is 4.39 Å². The minimum atomic E-state index is -3.64. The van der Waals surface area contributed by atoms with Crippen LogP contribution >= 0.6 is 0 Å². The van der Waals surface area contributed by atoms with Crippen LogP contribution in [0.3, 0.4) is 0 Å². The van der Waals surface area contributed by atoms with Gasteiger partial charge in [0.1, 0.15) is 5.82 Å². The van der Waals surface area contributed by atoms with Gasteiger partial charge in [0.2, 0.25) is 10.0 Å². The Labute approximate surface area is 147 Å². The lowest BCUT2D eigenvalue weighted by atomic mass is 10.1. The molecule has 2 rings (SSSR count). The molecule has 0 aliphatic rings. The Balaban J connectivity index is 2.35. The van der Waals surface area contributed by atoms with Crippen LogP contribution in [0.15, 0.2) is 47.4 Å². The molecule has 1 N–H and O–H groups in total. The van der Waals surface area contributed by atoms with E-state index < -0.39 is 10.0 Å². The zero-order chi connectivity index (χ0) is 18.6. The second-order valence-corrected chi connectivity index (χ2v) is 7.52. The van der Waals surface area contributed by atoms with Crippen LogP contribution in [0.1, 0.15) is 28.4 Å². The van der Waals surface area contributed by atoms with Crippen molar-refractivity contribution >= 4 is 15.9 Å². The van der Waals surface area contributed by atoms with Crippen molar-refractivity contribution in [2.75, 3.05) is 13.6 Å². The van der Waals surface area contributed by atoms with E-state index in [4.69, 9.17) is 0 Å². The molecule has 1 amide bonds. The minimum absolute atomic E-state index is 0.0331. The van der Waals surface area contributed by atoms with Crippen LogP contribution in [-0.2, 0) is 16.6 Å². The Morgan fingerprint density at radius 3 is 2.52 bits per heavy atom. The number of nitrogens with zero attached hydrogens (tertiary/aromatic N) is 1. The summed E-state index contributed by atoms with van der Waals surface area (Å²) in [4.78, 5) is 14.5. The molecule has 0 unspecified atom stereocenters. The van der Waals surface area contributed by atoms with Crippen LogP contribution in [-0.4, -0.2) is 32.8 Å². The van der Waals surface area contributed by atoms with Crippen molar-refractivity contribution in [3.05, 3.63) is 65.0 Å². The fourth-order valence-corrected chi connectivity index (χ4v) is 3.23. The van der Waals surface area contributed by atoms with E-state index >= 15 is 0 Å². The van der Waals surface area contributed by atoms with Gasteiger partial charge in [-0.25, -0.2) is 17.5 Å². The molecule has 0 heterocycles. The number of rotatable bonds is 6. The van der Waals surface area contributed by atoms with Crippen LogP contribution in [0.25, 0.3) is 0 Å². The van der Waals surface area contributed by atoms with Gasteiger partial charge in [-0.1, -0.05) is 18.2 Å². The first-order valence-corrected chi connectivity index (χ1v) is 9.34. The van der Waals surface area contributed by atoms with Gasteiger partial charge >= 0.3 is 0 Å². The normalized spacial score (nSPS) is 11.4. The molecule has 7 heteroatoms. The summed E-state index contributed by atoms with van der Waals surface area (Å²) in [5, 5.41) is 0. The molecule has 134 valence electrons. The molecular formula is C18H21FN2O3S. The highest BCUT2D eigenvalue weighted by molar-refractivity contribution is 7.89. The van der Waals surface area contributed by atoms with Crippen LogP contribution in [0, 0.1) is 12.7 Å². The van der Waals surface area contributed by atoms with E-state index in [2.05, 4.69) is 4.72 Å². The van der Waals surface area contributed by atoms with Gasteiger partial charge in [-0.15, -0.1) is 0 Å². The number of aryl methyl sites for hydroxylation is 1. The Morgan fingerprint density at radius 1 is 1.20 bits per heavy atom. The number of benzene rings is 2. The molecule has 0 fully saturated rings. The van der Waals surface area contributed by atoms with Gasteiger partial charge in [-0.2, -0.15) is 0 Å². The van der Waals surface area contributed by atoms with Crippen molar-refractivity contribution in [1.29, 1.82) is 0 Å². The predicted molar refractivity (Wildman–Crippen MR) is 94.2 cm³/mol. The SMILES string of the molecule is CCN(Cc1cccc(F)c1)C(=O)c1cc(S(=O)(=O)NC)ccc1C. The van der Waals surface area contributed by atoms with E-state index in [-0.39, 0.29) is 23.2 Å². The molecule has 2 aromatic carbocycles. The lowest BCUT2D eigenvalue weighted by Gasteiger charge is -2.22.